The minimum absolute atomic E-state index is 0.0873. The molecule has 0 spiro atoms. The van der Waals surface area contributed by atoms with Gasteiger partial charge in [0.25, 0.3) is 0 Å². The van der Waals surface area contributed by atoms with Crippen molar-refractivity contribution in [1.82, 2.24) is 19.5 Å². The molecule has 9 nitrogen and oxygen atoms in total. The van der Waals surface area contributed by atoms with Crippen LogP contribution in [0, 0.1) is 0 Å². The highest BCUT2D eigenvalue weighted by Crippen LogP contribution is 2.38. The fourth-order valence-electron chi connectivity index (χ4n) is 4.24. The number of imidazole rings is 1. The molecule has 0 aliphatic carbocycles. The van der Waals surface area contributed by atoms with Gasteiger partial charge in [0.05, 0.1) is 21.9 Å². The highest BCUT2D eigenvalue weighted by atomic mass is 35.5. The van der Waals surface area contributed by atoms with Gasteiger partial charge in [-0.3, -0.25) is 9.36 Å². The van der Waals surface area contributed by atoms with E-state index in [1.165, 1.54) is 0 Å². The maximum Gasteiger partial charge on any atom is 0.224 e. The molecule has 0 unspecified atom stereocenters. The molecule has 1 amide bonds. The van der Waals surface area contributed by atoms with Gasteiger partial charge in [-0.05, 0) is 37.8 Å². The topological polar surface area (TPSA) is 120 Å². The maximum absolute atomic E-state index is 11.6. The predicted molar refractivity (Wildman–Crippen MR) is 140 cm³/mol. The quantitative estimate of drug-likeness (QED) is 0.300. The van der Waals surface area contributed by atoms with Crippen LogP contribution in [0.4, 0.5) is 17.6 Å². The van der Waals surface area contributed by atoms with Gasteiger partial charge >= 0.3 is 0 Å². The molecule has 1 atom stereocenters. The van der Waals surface area contributed by atoms with E-state index in [1.54, 1.807) is 18.3 Å². The van der Waals surface area contributed by atoms with Crippen LogP contribution in [-0.4, -0.2) is 44.7 Å². The zero-order valence-corrected chi connectivity index (χ0v) is 21.6. The third-order valence-corrected chi connectivity index (χ3v) is 6.76. The lowest BCUT2D eigenvalue weighted by Gasteiger charge is -2.23. The average molecular weight is 541 g/mol. The van der Waals surface area contributed by atoms with Crippen molar-refractivity contribution in [2.45, 2.75) is 57.5 Å². The van der Waals surface area contributed by atoms with Crippen molar-refractivity contribution in [3.63, 3.8) is 0 Å². The normalized spacial score (nSPS) is 15.3. The van der Waals surface area contributed by atoms with Gasteiger partial charge in [-0.2, -0.15) is 4.98 Å². The Bertz CT molecular complexity index is 1170. The summed E-state index contributed by atoms with van der Waals surface area (Å²) in [6.07, 6.45) is 5.93. The second-order valence-electron chi connectivity index (χ2n) is 8.56. The number of halogens is 3. The summed E-state index contributed by atoms with van der Waals surface area (Å²) in [7, 11) is 0. The Hall–Kier alpha value is -2.33. The molecule has 1 saturated heterocycles. The number of aromatic nitrogens is 4. The zero-order valence-electron chi connectivity index (χ0n) is 19.4. The summed E-state index contributed by atoms with van der Waals surface area (Å²) in [6.45, 7) is 3.50. The molecule has 1 aromatic carbocycles. The monoisotopic (exact) mass is 539 g/mol. The predicted octanol–water partition coefficient (Wildman–Crippen LogP) is 5.73. The molecule has 12 heteroatoms. The van der Waals surface area contributed by atoms with Gasteiger partial charge in [-0.15, -0.1) is 0 Å². The molecule has 2 aromatic heterocycles. The SMILES string of the molecule is CCC[C@@H](CCC(N)=O)n1c(Nc2c(Cl)cc(Cl)cc2Cl)nc2cnc(NC3CCOCC3)nc21. The van der Waals surface area contributed by atoms with Crippen LogP contribution in [0.3, 0.4) is 0 Å². The molecule has 0 saturated carbocycles. The van der Waals surface area contributed by atoms with E-state index < -0.39 is 0 Å². The van der Waals surface area contributed by atoms with Gasteiger partial charge in [0, 0.05) is 36.7 Å². The Morgan fingerprint density at radius 1 is 1.20 bits per heavy atom. The number of rotatable bonds is 10. The summed E-state index contributed by atoms with van der Waals surface area (Å²) in [5.41, 5.74) is 7.20. The number of amides is 1. The number of fused-ring (bicyclic) bond motifs is 1. The van der Waals surface area contributed by atoms with Crippen molar-refractivity contribution in [2.75, 3.05) is 23.8 Å². The van der Waals surface area contributed by atoms with Crippen molar-refractivity contribution in [2.24, 2.45) is 5.73 Å². The van der Waals surface area contributed by atoms with E-state index in [2.05, 4.69) is 22.5 Å². The highest BCUT2D eigenvalue weighted by molar-refractivity contribution is 6.41. The second-order valence-corrected chi connectivity index (χ2v) is 9.81. The fraction of sp³-hybridized carbons (Fsp3) is 0.478. The number of carbonyl (C=O) groups excluding carboxylic acids is 1. The second kappa shape index (κ2) is 11.6. The summed E-state index contributed by atoms with van der Waals surface area (Å²) >= 11 is 19.0. The van der Waals surface area contributed by atoms with E-state index in [9.17, 15) is 4.79 Å². The van der Waals surface area contributed by atoms with Crippen LogP contribution in [0.2, 0.25) is 15.1 Å². The van der Waals surface area contributed by atoms with Crippen molar-refractivity contribution >= 4 is 69.5 Å². The Balaban J connectivity index is 1.77. The van der Waals surface area contributed by atoms with E-state index in [-0.39, 0.29) is 24.4 Å². The molecule has 3 heterocycles. The van der Waals surface area contributed by atoms with E-state index in [1.807, 2.05) is 4.57 Å². The van der Waals surface area contributed by atoms with Gasteiger partial charge in [-0.25, -0.2) is 9.97 Å². The largest absolute Gasteiger partial charge is 0.381 e. The molecule has 0 radical (unpaired) electrons. The lowest BCUT2D eigenvalue weighted by molar-refractivity contribution is -0.118. The number of nitrogens with zero attached hydrogens (tertiary/aromatic N) is 4. The first-order chi connectivity index (χ1) is 16.9. The van der Waals surface area contributed by atoms with Gasteiger partial charge in [0.1, 0.15) is 5.52 Å². The minimum Gasteiger partial charge on any atom is -0.381 e. The van der Waals surface area contributed by atoms with E-state index in [4.69, 9.17) is 55.2 Å². The van der Waals surface area contributed by atoms with E-state index >= 15 is 0 Å². The first-order valence-electron chi connectivity index (χ1n) is 11.6. The van der Waals surface area contributed by atoms with Crippen LogP contribution >= 0.6 is 34.8 Å². The summed E-state index contributed by atoms with van der Waals surface area (Å²) < 4.78 is 7.43. The van der Waals surface area contributed by atoms with Crippen molar-refractivity contribution in [3.8, 4) is 0 Å². The van der Waals surface area contributed by atoms with Crippen LogP contribution < -0.4 is 16.4 Å². The van der Waals surface area contributed by atoms with Crippen LogP contribution in [0.25, 0.3) is 11.2 Å². The number of anilines is 3. The molecular weight excluding hydrogens is 513 g/mol. The van der Waals surface area contributed by atoms with Crippen LogP contribution in [0.15, 0.2) is 18.3 Å². The molecule has 35 heavy (non-hydrogen) atoms. The average Bonchev–Trinajstić information content (AvgIpc) is 3.17. The summed E-state index contributed by atoms with van der Waals surface area (Å²) in [4.78, 5) is 25.6. The Kier molecular flexibility index (Phi) is 8.54. The lowest BCUT2D eigenvalue weighted by Crippen LogP contribution is -2.28. The van der Waals surface area contributed by atoms with Gasteiger partial charge in [-0.1, -0.05) is 48.1 Å². The smallest absolute Gasteiger partial charge is 0.224 e. The molecule has 0 bridgehead atoms. The third-order valence-electron chi connectivity index (χ3n) is 5.94. The van der Waals surface area contributed by atoms with E-state index in [0.29, 0.717) is 63.5 Å². The molecule has 1 aliphatic rings. The van der Waals surface area contributed by atoms with Gasteiger partial charge in [0.2, 0.25) is 17.8 Å². The zero-order chi connectivity index (χ0) is 24.9. The number of nitrogens with two attached hydrogens (primary N) is 1. The van der Waals surface area contributed by atoms with Crippen molar-refractivity contribution < 1.29 is 9.53 Å². The highest BCUT2D eigenvalue weighted by Gasteiger charge is 2.23. The number of nitrogens with one attached hydrogen (secondary N) is 2. The number of hydrogen-bond donors (Lipinski definition) is 3. The molecule has 4 rings (SSSR count). The fourth-order valence-corrected chi connectivity index (χ4v) is 5.15. The lowest BCUT2D eigenvalue weighted by atomic mass is 10.1. The molecule has 3 aromatic rings. The van der Waals surface area contributed by atoms with Crippen molar-refractivity contribution in [1.29, 1.82) is 0 Å². The Labute approximate surface area is 218 Å². The Morgan fingerprint density at radius 2 is 1.91 bits per heavy atom. The standard InChI is InChI=1S/C23H28Cl3N7O2/c1-2-3-15(4-5-19(27)34)33-21-18(12-28-22(32-21)29-14-6-8-35-9-7-14)30-23(33)31-20-16(25)10-13(24)11-17(20)26/h10-12,14-15H,2-9H2,1H3,(H2,27,34)(H,30,31)(H,28,29,32)/t15-/m0/s1. The first kappa shape index (κ1) is 25.8. The van der Waals surface area contributed by atoms with Crippen LogP contribution in [-0.2, 0) is 9.53 Å². The molecule has 188 valence electrons. The minimum atomic E-state index is -0.356. The number of primary amides is 1. The number of ether oxygens (including phenoxy) is 1. The maximum atomic E-state index is 11.6. The number of hydrogen-bond acceptors (Lipinski definition) is 7. The number of carbonyl (C=O) groups is 1. The molecular formula is C23H28Cl3N7O2. The van der Waals surface area contributed by atoms with Crippen molar-refractivity contribution in [3.05, 3.63) is 33.4 Å². The summed E-state index contributed by atoms with van der Waals surface area (Å²) in [5.74, 6) is 0.654. The van der Waals surface area contributed by atoms with Crippen LogP contribution in [0.1, 0.15) is 51.5 Å². The van der Waals surface area contributed by atoms with E-state index in [0.717, 1.165) is 25.7 Å². The number of benzene rings is 1. The summed E-state index contributed by atoms with van der Waals surface area (Å²) in [6, 6.07) is 3.37. The summed E-state index contributed by atoms with van der Waals surface area (Å²) in [5, 5.41) is 7.82. The molecule has 4 N–H and O–H groups in total. The molecule has 1 fully saturated rings. The van der Waals surface area contributed by atoms with Gasteiger partial charge in [0.15, 0.2) is 5.65 Å². The van der Waals surface area contributed by atoms with Gasteiger partial charge < -0.3 is 21.1 Å². The third kappa shape index (κ3) is 6.27. The first-order valence-corrected chi connectivity index (χ1v) is 12.8. The Morgan fingerprint density at radius 3 is 2.57 bits per heavy atom. The van der Waals surface area contributed by atoms with Crippen LogP contribution in [0.5, 0.6) is 0 Å². The molecule has 1 aliphatic heterocycles.